The van der Waals surface area contributed by atoms with Gasteiger partial charge in [-0.3, -0.25) is 4.79 Å². The number of ether oxygens (including phenoxy) is 1. The van der Waals surface area contributed by atoms with Crippen molar-refractivity contribution in [2.24, 2.45) is 17.3 Å². The Labute approximate surface area is 134 Å². The van der Waals surface area contributed by atoms with Crippen LogP contribution in [0.4, 0.5) is 0 Å². The second kappa shape index (κ2) is 4.87. The average Bonchev–Trinajstić information content (AvgIpc) is 2.77. The third kappa shape index (κ3) is 1.84. The van der Waals surface area contributed by atoms with Gasteiger partial charge in [-0.2, -0.15) is 0 Å². The number of rotatable bonds is 1. The molecule has 3 aliphatic carbocycles. The molecule has 4 unspecified atom stereocenters. The lowest BCUT2D eigenvalue weighted by Gasteiger charge is -2.48. The maximum Gasteiger partial charge on any atom is 0.134 e. The molecule has 0 heterocycles. The molecule has 0 radical (unpaired) electrons. The first-order valence-corrected chi connectivity index (χ1v) is 8.75. The maximum absolute atomic E-state index is 12.6. The molecule has 0 aromatic heterocycles. The molecule has 3 aliphatic rings. The molecule has 0 aliphatic heterocycles. The SMILES string of the molecule is BC1CC2C3CCc4cc(OC)ccc4C3CC[C@]2(C)C1=O. The standard InChI is InChI=1S/C19H25BO2/c1-19-8-7-14-13-6-4-12(22-2)9-11(13)3-5-15(14)16(19)10-17(20)18(19)21/h4,6,9,14-17H,3,5,7-8,10,20H2,1-2H3/t14?,15?,16?,17?,19-/m0/s1. The van der Waals surface area contributed by atoms with E-state index >= 15 is 0 Å². The van der Waals surface area contributed by atoms with E-state index in [0.29, 0.717) is 23.5 Å². The zero-order valence-electron chi connectivity index (χ0n) is 13.9. The van der Waals surface area contributed by atoms with E-state index in [0.717, 1.165) is 25.0 Å². The fraction of sp³-hybridized carbons (Fsp3) is 0.632. The van der Waals surface area contributed by atoms with Gasteiger partial charge in [-0.15, -0.1) is 0 Å². The summed E-state index contributed by atoms with van der Waals surface area (Å²) in [5, 5.41) is 0. The lowest BCUT2D eigenvalue weighted by molar-refractivity contribution is -0.129. The van der Waals surface area contributed by atoms with Crippen molar-refractivity contribution in [3.05, 3.63) is 29.3 Å². The van der Waals surface area contributed by atoms with Crippen molar-refractivity contribution in [1.82, 2.24) is 0 Å². The van der Waals surface area contributed by atoms with Crippen molar-refractivity contribution in [1.29, 1.82) is 0 Å². The highest BCUT2D eigenvalue weighted by molar-refractivity contribution is 6.26. The average molecular weight is 296 g/mol. The highest BCUT2D eigenvalue weighted by atomic mass is 16.5. The predicted octanol–water partition coefficient (Wildman–Crippen LogP) is 3.15. The second-order valence-electron chi connectivity index (χ2n) is 7.94. The van der Waals surface area contributed by atoms with Gasteiger partial charge in [0.15, 0.2) is 0 Å². The molecule has 0 N–H and O–H groups in total. The van der Waals surface area contributed by atoms with Crippen LogP contribution in [0.5, 0.6) is 5.75 Å². The minimum Gasteiger partial charge on any atom is -0.497 e. The van der Waals surface area contributed by atoms with Crippen molar-refractivity contribution in [3.63, 3.8) is 0 Å². The molecular weight excluding hydrogens is 271 g/mol. The summed E-state index contributed by atoms with van der Waals surface area (Å²) in [6.45, 7) is 2.25. The van der Waals surface area contributed by atoms with Crippen molar-refractivity contribution < 1.29 is 9.53 Å². The number of carbonyl (C=O) groups excluding carboxylic acids is 1. The molecule has 0 saturated heterocycles. The number of methoxy groups -OCH3 is 1. The van der Waals surface area contributed by atoms with E-state index in [1.54, 1.807) is 7.11 Å². The Balaban J connectivity index is 1.70. The lowest BCUT2D eigenvalue weighted by Crippen LogP contribution is -2.42. The van der Waals surface area contributed by atoms with Gasteiger partial charge in [0.25, 0.3) is 0 Å². The van der Waals surface area contributed by atoms with Crippen molar-refractivity contribution in [2.45, 2.75) is 50.8 Å². The number of aryl methyl sites for hydroxylation is 1. The Hall–Kier alpha value is -1.25. The maximum atomic E-state index is 12.6. The van der Waals surface area contributed by atoms with Gasteiger partial charge >= 0.3 is 0 Å². The van der Waals surface area contributed by atoms with Crippen LogP contribution < -0.4 is 4.74 Å². The van der Waals surface area contributed by atoms with Crippen LogP contribution in [-0.2, 0) is 11.2 Å². The smallest absolute Gasteiger partial charge is 0.134 e. The van der Waals surface area contributed by atoms with Gasteiger partial charge in [-0.1, -0.05) is 13.0 Å². The van der Waals surface area contributed by atoms with Crippen LogP contribution >= 0.6 is 0 Å². The van der Waals surface area contributed by atoms with E-state index < -0.39 is 0 Å². The molecule has 116 valence electrons. The summed E-state index contributed by atoms with van der Waals surface area (Å²) in [4.78, 5) is 12.6. The molecule has 2 fully saturated rings. The minimum atomic E-state index is -0.0371. The first-order chi connectivity index (χ1) is 10.5. The number of ketones is 1. The summed E-state index contributed by atoms with van der Waals surface area (Å²) in [5.41, 5.74) is 2.97. The fourth-order valence-corrected chi connectivity index (χ4v) is 5.80. The van der Waals surface area contributed by atoms with Crippen LogP contribution in [0.1, 0.15) is 49.7 Å². The number of benzene rings is 1. The van der Waals surface area contributed by atoms with Gasteiger partial charge in [0.1, 0.15) is 19.4 Å². The topological polar surface area (TPSA) is 26.3 Å². The highest BCUT2D eigenvalue weighted by Crippen LogP contribution is 2.61. The van der Waals surface area contributed by atoms with E-state index in [1.807, 2.05) is 0 Å². The van der Waals surface area contributed by atoms with Crippen LogP contribution in [0, 0.1) is 17.3 Å². The first-order valence-electron chi connectivity index (χ1n) is 8.75. The van der Waals surface area contributed by atoms with Crippen LogP contribution in [-0.4, -0.2) is 20.7 Å². The summed E-state index contributed by atoms with van der Waals surface area (Å²) in [7, 11) is 3.88. The number of fused-ring (bicyclic) bond motifs is 5. The van der Waals surface area contributed by atoms with Gasteiger partial charge in [0.05, 0.1) is 7.11 Å². The molecule has 2 saturated carbocycles. The Bertz CT molecular complexity index is 626. The highest BCUT2D eigenvalue weighted by Gasteiger charge is 2.56. The van der Waals surface area contributed by atoms with Gasteiger partial charge in [0.2, 0.25) is 0 Å². The van der Waals surface area contributed by atoms with Crippen molar-refractivity contribution >= 4 is 13.6 Å². The summed E-state index contributed by atoms with van der Waals surface area (Å²) in [6.07, 6.45) is 5.75. The molecule has 22 heavy (non-hydrogen) atoms. The molecule has 2 nitrogen and oxygen atoms in total. The minimum absolute atomic E-state index is 0.0371. The molecule has 1 aromatic rings. The molecule has 1 aromatic carbocycles. The third-order valence-corrected chi connectivity index (χ3v) is 6.94. The lowest BCUT2D eigenvalue weighted by atomic mass is 9.55. The van der Waals surface area contributed by atoms with E-state index in [1.165, 1.54) is 24.0 Å². The number of carbonyl (C=O) groups is 1. The van der Waals surface area contributed by atoms with Crippen LogP contribution in [0.15, 0.2) is 18.2 Å². The van der Waals surface area contributed by atoms with Gasteiger partial charge in [-0.25, -0.2) is 0 Å². The Morgan fingerprint density at radius 2 is 2.14 bits per heavy atom. The van der Waals surface area contributed by atoms with Crippen LogP contribution in [0.2, 0.25) is 5.82 Å². The fourth-order valence-electron chi connectivity index (χ4n) is 5.80. The van der Waals surface area contributed by atoms with E-state index in [2.05, 4.69) is 33.0 Å². The molecule has 0 spiro atoms. The van der Waals surface area contributed by atoms with E-state index in [-0.39, 0.29) is 11.2 Å². The van der Waals surface area contributed by atoms with Gasteiger partial charge in [0, 0.05) is 5.41 Å². The zero-order valence-corrected chi connectivity index (χ0v) is 13.9. The van der Waals surface area contributed by atoms with Crippen LogP contribution in [0.25, 0.3) is 0 Å². The number of hydrogen-bond donors (Lipinski definition) is 0. The molecule has 0 bridgehead atoms. The predicted molar refractivity (Wildman–Crippen MR) is 90.3 cm³/mol. The van der Waals surface area contributed by atoms with E-state index in [9.17, 15) is 4.79 Å². The number of Topliss-reactive ketones (excluding diaryl/α,β-unsaturated/α-hetero) is 1. The summed E-state index contributed by atoms with van der Waals surface area (Å²) < 4.78 is 5.39. The summed E-state index contributed by atoms with van der Waals surface area (Å²) in [5.74, 6) is 3.74. The molecule has 5 atom stereocenters. The summed E-state index contributed by atoms with van der Waals surface area (Å²) in [6, 6.07) is 6.62. The Kier molecular flexibility index (Phi) is 3.18. The Morgan fingerprint density at radius 3 is 2.91 bits per heavy atom. The van der Waals surface area contributed by atoms with Crippen LogP contribution in [0.3, 0.4) is 0 Å². The molecule has 4 rings (SSSR count). The Morgan fingerprint density at radius 1 is 1.32 bits per heavy atom. The van der Waals surface area contributed by atoms with Crippen molar-refractivity contribution in [3.8, 4) is 5.75 Å². The van der Waals surface area contributed by atoms with E-state index in [4.69, 9.17) is 4.74 Å². The largest absolute Gasteiger partial charge is 0.497 e. The first kappa shape index (κ1) is 14.4. The quantitative estimate of drug-likeness (QED) is 0.744. The second-order valence-corrected chi connectivity index (χ2v) is 7.94. The monoisotopic (exact) mass is 296 g/mol. The zero-order chi connectivity index (χ0) is 15.5. The third-order valence-electron chi connectivity index (χ3n) is 6.94. The van der Waals surface area contributed by atoms with Crippen molar-refractivity contribution in [2.75, 3.05) is 7.11 Å². The molecular formula is C19H25BO2. The van der Waals surface area contributed by atoms with Gasteiger partial charge < -0.3 is 4.74 Å². The molecule has 0 amide bonds. The molecule has 3 heteroatoms. The normalized spacial score (nSPS) is 39.8. The van der Waals surface area contributed by atoms with Gasteiger partial charge in [-0.05, 0) is 78.9 Å². The summed E-state index contributed by atoms with van der Waals surface area (Å²) >= 11 is 0. The number of hydrogen-bond acceptors (Lipinski definition) is 2.